The smallest absolute Gasteiger partial charge is 0.410 e. The zero-order chi connectivity index (χ0) is 12.6. The Kier molecular flexibility index (Phi) is 3.34. The summed E-state index contributed by atoms with van der Waals surface area (Å²) in [6.07, 6.45) is 1.09. The van der Waals surface area contributed by atoms with Gasteiger partial charge in [-0.1, -0.05) is 0 Å². The molecule has 0 aromatic carbocycles. The van der Waals surface area contributed by atoms with E-state index in [4.69, 9.17) is 4.74 Å². The standard InChI is InChI=1S/C13H24N2O2/c1-9-11-5-10(6-14-7-11)8-15(9)12(16)17-13(2,3)4/h9-11,14H,5-8H2,1-4H3/t9-,10-,11-/m1/s1. The molecule has 0 unspecified atom stereocenters. The van der Waals surface area contributed by atoms with Crippen LogP contribution in [0.3, 0.4) is 0 Å². The van der Waals surface area contributed by atoms with E-state index in [1.165, 1.54) is 6.42 Å². The third kappa shape index (κ3) is 2.92. The number of carbonyl (C=O) groups is 1. The quantitative estimate of drug-likeness (QED) is 0.702. The molecule has 17 heavy (non-hydrogen) atoms. The number of ether oxygens (including phenoxy) is 1. The molecule has 0 spiro atoms. The van der Waals surface area contributed by atoms with Gasteiger partial charge in [0.25, 0.3) is 0 Å². The predicted octanol–water partition coefficient (Wildman–Crippen LogP) is 1.85. The second-order valence-electron chi connectivity index (χ2n) is 6.39. The minimum Gasteiger partial charge on any atom is -0.444 e. The lowest BCUT2D eigenvalue weighted by atomic mass is 9.81. The Balaban J connectivity index is 2.02. The lowest BCUT2D eigenvalue weighted by Crippen LogP contribution is -2.58. The molecule has 2 fully saturated rings. The molecule has 0 aliphatic carbocycles. The van der Waals surface area contributed by atoms with Gasteiger partial charge in [-0.15, -0.1) is 0 Å². The van der Waals surface area contributed by atoms with E-state index in [-0.39, 0.29) is 12.1 Å². The van der Waals surface area contributed by atoms with Crippen molar-refractivity contribution in [1.82, 2.24) is 10.2 Å². The average molecular weight is 240 g/mol. The van der Waals surface area contributed by atoms with Gasteiger partial charge in [0, 0.05) is 12.6 Å². The van der Waals surface area contributed by atoms with Crippen LogP contribution in [0.15, 0.2) is 0 Å². The first-order valence-corrected chi connectivity index (χ1v) is 6.57. The predicted molar refractivity (Wildman–Crippen MR) is 66.9 cm³/mol. The van der Waals surface area contributed by atoms with E-state index in [2.05, 4.69) is 12.2 Å². The molecule has 2 rings (SSSR count). The summed E-state index contributed by atoms with van der Waals surface area (Å²) in [5.41, 5.74) is -0.401. The van der Waals surface area contributed by atoms with E-state index in [1.807, 2.05) is 25.7 Å². The molecule has 4 heteroatoms. The molecule has 2 aliphatic heterocycles. The summed E-state index contributed by atoms with van der Waals surface area (Å²) in [6.45, 7) is 10.8. The first-order valence-electron chi connectivity index (χ1n) is 6.57. The number of fused-ring (bicyclic) bond motifs is 2. The Bertz CT molecular complexity index is 298. The van der Waals surface area contributed by atoms with E-state index in [9.17, 15) is 4.79 Å². The summed E-state index contributed by atoms with van der Waals surface area (Å²) >= 11 is 0. The lowest BCUT2D eigenvalue weighted by molar-refractivity contribution is -0.0123. The highest BCUT2D eigenvalue weighted by molar-refractivity contribution is 5.68. The molecule has 1 amide bonds. The summed E-state index contributed by atoms with van der Waals surface area (Å²) in [5, 5.41) is 3.45. The van der Waals surface area contributed by atoms with Gasteiger partial charge >= 0.3 is 6.09 Å². The van der Waals surface area contributed by atoms with Crippen LogP contribution in [0.5, 0.6) is 0 Å². The maximum absolute atomic E-state index is 12.1. The van der Waals surface area contributed by atoms with Crippen molar-refractivity contribution in [2.24, 2.45) is 11.8 Å². The Morgan fingerprint density at radius 2 is 2.06 bits per heavy atom. The number of hydrogen-bond acceptors (Lipinski definition) is 3. The van der Waals surface area contributed by atoms with Crippen LogP contribution in [0.25, 0.3) is 0 Å². The minimum absolute atomic E-state index is 0.151. The number of amides is 1. The summed E-state index contributed by atoms with van der Waals surface area (Å²) in [7, 11) is 0. The number of piperidine rings is 2. The third-order valence-corrected chi connectivity index (χ3v) is 3.73. The van der Waals surface area contributed by atoms with E-state index in [0.29, 0.717) is 11.8 Å². The molecule has 2 saturated heterocycles. The van der Waals surface area contributed by atoms with Crippen LogP contribution in [0, 0.1) is 11.8 Å². The van der Waals surface area contributed by atoms with Crippen molar-refractivity contribution in [1.29, 1.82) is 0 Å². The van der Waals surface area contributed by atoms with Gasteiger partial charge in [0.2, 0.25) is 0 Å². The van der Waals surface area contributed by atoms with Crippen molar-refractivity contribution < 1.29 is 9.53 Å². The largest absolute Gasteiger partial charge is 0.444 e. The fourth-order valence-corrected chi connectivity index (χ4v) is 2.83. The van der Waals surface area contributed by atoms with Gasteiger partial charge in [0.15, 0.2) is 0 Å². The molecular weight excluding hydrogens is 216 g/mol. The highest BCUT2D eigenvalue weighted by Gasteiger charge is 2.39. The molecular formula is C13H24N2O2. The first-order chi connectivity index (χ1) is 7.87. The van der Waals surface area contributed by atoms with Gasteiger partial charge in [-0.3, -0.25) is 0 Å². The molecule has 0 aromatic rings. The van der Waals surface area contributed by atoms with E-state index in [1.54, 1.807) is 0 Å². The van der Waals surface area contributed by atoms with Crippen molar-refractivity contribution in [3.05, 3.63) is 0 Å². The molecule has 1 N–H and O–H groups in total. The highest BCUT2D eigenvalue weighted by atomic mass is 16.6. The number of likely N-dealkylation sites (tertiary alicyclic amines) is 1. The third-order valence-electron chi connectivity index (χ3n) is 3.73. The molecule has 2 heterocycles. The molecule has 0 aromatic heterocycles. The zero-order valence-corrected chi connectivity index (χ0v) is 11.3. The molecule has 2 bridgehead atoms. The Hall–Kier alpha value is -0.770. The molecule has 3 atom stereocenters. The van der Waals surface area contributed by atoms with Gasteiger partial charge in [0.05, 0.1) is 0 Å². The summed E-state index contributed by atoms with van der Waals surface area (Å²) in [6, 6.07) is 0.286. The van der Waals surface area contributed by atoms with Crippen molar-refractivity contribution in [3.63, 3.8) is 0 Å². The van der Waals surface area contributed by atoms with Crippen molar-refractivity contribution in [2.45, 2.75) is 45.8 Å². The molecule has 0 radical (unpaired) electrons. The second kappa shape index (κ2) is 4.48. The molecule has 98 valence electrons. The summed E-state index contributed by atoms with van der Waals surface area (Å²) < 4.78 is 5.48. The van der Waals surface area contributed by atoms with Crippen LogP contribution >= 0.6 is 0 Å². The maximum Gasteiger partial charge on any atom is 0.410 e. The Labute approximate surface area is 104 Å². The highest BCUT2D eigenvalue weighted by Crippen LogP contribution is 2.30. The summed E-state index contributed by atoms with van der Waals surface area (Å²) in [5.74, 6) is 1.17. The van der Waals surface area contributed by atoms with Gasteiger partial charge in [-0.05, 0) is 59.0 Å². The van der Waals surface area contributed by atoms with Gasteiger partial charge in [-0.2, -0.15) is 0 Å². The number of nitrogens with one attached hydrogen (secondary N) is 1. The van der Waals surface area contributed by atoms with E-state index < -0.39 is 5.60 Å². The summed E-state index contributed by atoms with van der Waals surface area (Å²) in [4.78, 5) is 14.1. The normalized spacial score (nSPS) is 33.4. The second-order valence-corrected chi connectivity index (χ2v) is 6.39. The van der Waals surface area contributed by atoms with E-state index >= 15 is 0 Å². The van der Waals surface area contributed by atoms with Crippen LogP contribution < -0.4 is 5.32 Å². The average Bonchev–Trinajstić information content (AvgIpc) is 2.21. The molecule has 0 saturated carbocycles. The minimum atomic E-state index is -0.401. The van der Waals surface area contributed by atoms with Crippen LogP contribution in [-0.4, -0.2) is 42.3 Å². The molecule has 4 nitrogen and oxygen atoms in total. The van der Waals surface area contributed by atoms with Gasteiger partial charge in [0.1, 0.15) is 5.60 Å². The van der Waals surface area contributed by atoms with Crippen LogP contribution in [0.4, 0.5) is 4.79 Å². The van der Waals surface area contributed by atoms with Crippen LogP contribution in [-0.2, 0) is 4.74 Å². The van der Waals surface area contributed by atoms with Crippen molar-refractivity contribution in [2.75, 3.05) is 19.6 Å². The lowest BCUT2D eigenvalue weighted by Gasteiger charge is -2.46. The van der Waals surface area contributed by atoms with Crippen LogP contribution in [0.1, 0.15) is 34.1 Å². The number of nitrogens with zero attached hydrogens (tertiary/aromatic N) is 1. The van der Waals surface area contributed by atoms with Crippen molar-refractivity contribution in [3.8, 4) is 0 Å². The number of carbonyl (C=O) groups excluding carboxylic acids is 1. The van der Waals surface area contributed by atoms with Crippen LogP contribution in [0.2, 0.25) is 0 Å². The monoisotopic (exact) mass is 240 g/mol. The fourth-order valence-electron chi connectivity index (χ4n) is 2.83. The van der Waals surface area contributed by atoms with E-state index in [0.717, 1.165) is 19.6 Å². The number of hydrogen-bond donors (Lipinski definition) is 1. The fraction of sp³-hybridized carbons (Fsp3) is 0.923. The molecule has 2 aliphatic rings. The maximum atomic E-state index is 12.1. The Morgan fingerprint density at radius 3 is 2.71 bits per heavy atom. The van der Waals surface area contributed by atoms with Gasteiger partial charge in [-0.25, -0.2) is 4.79 Å². The number of rotatable bonds is 0. The topological polar surface area (TPSA) is 41.6 Å². The van der Waals surface area contributed by atoms with Gasteiger partial charge < -0.3 is 15.0 Å². The zero-order valence-electron chi connectivity index (χ0n) is 11.3. The Morgan fingerprint density at radius 1 is 1.35 bits per heavy atom. The first kappa shape index (κ1) is 12.7. The SMILES string of the molecule is C[C@@H]1[C@H]2CNC[C@@H](C2)CN1C(=O)OC(C)(C)C. The van der Waals surface area contributed by atoms with Crippen molar-refractivity contribution >= 4 is 6.09 Å².